The van der Waals surface area contributed by atoms with E-state index in [2.05, 4.69) is 16.6 Å². The third kappa shape index (κ3) is 5.87. The summed E-state index contributed by atoms with van der Waals surface area (Å²) in [5, 5.41) is 8.48. The fourth-order valence-corrected chi connectivity index (χ4v) is 3.43. The molecule has 0 spiro atoms. The molecule has 1 atom stereocenters. The number of ether oxygens (including phenoxy) is 1. The predicted octanol–water partition coefficient (Wildman–Crippen LogP) is 2.59. The number of hydrogen-bond acceptors (Lipinski definition) is 5. The molecule has 2 aromatic carbocycles. The van der Waals surface area contributed by atoms with Crippen LogP contribution in [0.4, 0.5) is 17.6 Å². The highest BCUT2D eigenvalue weighted by Gasteiger charge is 2.38. The Bertz CT molecular complexity index is 1270. The summed E-state index contributed by atoms with van der Waals surface area (Å²) in [4.78, 5) is 10.5. The number of rotatable bonds is 6. The zero-order valence-corrected chi connectivity index (χ0v) is 18.3. The highest BCUT2D eigenvalue weighted by atomic mass is 32.2. The molecule has 1 N–H and O–H groups in total. The van der Waals surface area contributed by atoms with Crippen LogP contribution >= 0.6 is 0 Å². The predicted molar refractivity (Wildman–Crippen MR) is 106 cm³/mol. The molecule has 0 radical (unpaired) electrons. The Balaban J connectivity index is 2.42. The van der Waals surface area contributed by atoms with E-state index in [0.29, 0.717) is 11.1 Å². The zero-order chi connectivity index (χ0) is 25.1. The maximum atomic E-state index is 14.3. The molecule has 0 aliphatic rings. The monoisotopic (exact) mass is 485 g/mol. The fourth-order valence-electron chi connectivity index (χ4n) is 2.80. The number of likely N-dealkylation sites (N-methyl/N-ethyl adjacent to an activating group) is 1. The summed E-state index contributed by atoms with van der Waals surface area (Å²) >= 11 is 0. The fraction of sp³-hybridized carbons (Fsp3) is 0.238. The summed E-state index contributed by atoms with van der Waals surface area (Å²) in [6.45, 7) is 0. The third-order valence-electron chi connectivity index (χ3n) is 4.50. The molecule has 0 aromatic heterocycles. The number of carbonyl (C=O) groups is 1. The molecule has 174 valence electrons. The molecular weight excluding hydrogens is 468 g/mol. The highest BCUT2D eigenvalue weighted by molar-refractivity contribution is 7.85. The molecule has 0 saturated heterocycles. The van der Waals surface area contributed by atoms with E-state index in [1.54, 1.807) is 51.5 Å². The van der Waals surface area contributed by atoms with Gasteiger partial charge in [-0.05, 0) is 17.7 Å². The topological polar surface area (TPSA) is 104 Å². The summed E-state index contributed by atoms with van der Waals surface area (Å²) in [6, 6.07) is 6.90. The molecule has 7 nitrogen and oxygen atoms in total. The lowest BCUT2D eigenvalue weighted by Crippen LogP contribution is -2.52. The van der Waals surface area contributed by atoms with Gasteiger partial charge in [0, 0.05) is 17.9 Å². The van der Waals surface area contributed by atoms with E-state index in [9.17, 15) is 30.8 Å². The van der Waals surface area contributed by atoms with Gasteiger partial charge in [0.1, 0.15) is 0 Å². The van der Waals surface area contributed by atoms with Crippen molar-refractivity contribution in [3.63, 3.8) is 0 Å². The van der Waals surface area contributed by atoms with E-state index >= 15 is 0 Å². The van der Waals surface area contributed by atoms with Crippen molar-refractivity contribution in [2.45, 2.75) is 17.4 Å². The van der Waals surface area contributed by atoms with Gasteiger partial charge in [-0.25, -0.2) is 13.6 Å². The number of nitriles is 1. The van der Waals surface area contributed by atoms with Crippen molar-refractivity contribution in [2.24, 2.45) is 0 Å². The lowest BCUT2D eigenvalue weighted by atomic mass is 10.0. The lowest BCUT2D eigenvalue weighted by Gasteiger charge is -2.32. The van der Waals surface area contributed by atoms with E-state index in [1.807, 2.05) is 0 Å². The quantitative estimate of drug-likeness (QED) is 0.128. The molecule has 0 heterocycles. The second kappa shape index (κ2) is 9.58. The summed E-state index contributed by atoms with van der Waals surface area (Å²) in [6.07, 6.45) is -0.0222. The van der Waals surface area contributed by atoms with Crippen molar-refractivity contribution in [1.82, 2.24) is 0 Å². The molecule has 0 bridgehead atoms. The van der Waals surface area contributed by atoms with E-state index in [4.69, 9.17) is 9.81 Å². The average molecular weight is 485 g/mol. The zero-order valence-electron chi connectivity index (χ0n) is 17.5. The first kappa shape index (κ1) is 25.8. The van der Waals surface area contributed by atoms with Gasteiger partial charge in [0.15, 0.2) is 28.6 Å². The van der Waals surface area contributed by atoms with Gasteiger partial charge in [-0.2, -0.15) is 22.5 Å². The molecule has 33 heavy (non-hydrogen) atoms. The van der Waals surface area contributed by atoms with Crippen molar-refractivity contribution < 1.29 is 44.5 Å². The molecule has 2 aromatic rings. The minimum Gasteiger partial charge on any atom is -0.416 e. The van der Waals surface area contributed by atoms with Gasteiger partial charge in [0.25, 0.3) is 0 Å². The average Bonchev–Trinajstić information content (AvgIpc) is 2.71. The summed E-state index contributed by atoms with van der Waals surface area (Å²) < 4.78 is 91.9. The Morgan fingerprint density at radius 3 is 2.00 bits per heavy atom. The minimum atomic E-state index is -5.65. The van der Waals surface area contributed by atoms with Crippen molar-refractivity contribution in [3.05, 3.63) is 58.7 Å². The molecule has 0 fully saturated rings. The maximum absolute atomic E-state index is 14.3. The van der Waals surface area contributed by atoms with Gasteiger partial charge in [-0.3, -0.25) is 4.55 Å². The molecular formula is C21H17F4N2O5S+. The van der Waals surface area contributed by atoms with Crippen LogP contribution in [0.1, 0.15) is 11.1 Å². The number of nitrogens with zero attached hydrogens (tertiary/aromatic N) is 2. The van der Waals surface area contributed by atoms with Crippen LogP contribution in [0, 0.1) is 46.4 Å². The van der Waals surface area contributed by atoms with Crippen LogP contribution in [-0.4, -0.2) is 50.6 Å². The van der Waals surface area contributed by atoms with E-state index in [0.717, 1.165) is 0 Å². The molecule has 12 heteroatoms. The number of esters is 1. The largest absolute Gasteiger partial charge is 0.416 e. The van der Waals surface area contributed by atoms with Crippen LogP contribution in [-0.2, 0) is 21.3 Å². The van der Waals surface area contributed by atoms with E-state index < -0.39 is 56.0 Å². The Kier molecular flexibility index (Phi) is 7.50. The molecule has 0 aliphatic carbocycles. The first-order chi connectivity index (χ1) is 15.2. The second-order valence-corrected chi connectivity index (χ2v) is 9.06. The van der Waals surface area contributed by atoms with Crippen LogP contribution in [0.5, 0.6) is 5.75 Å². The second-order valence-electron chi connectivity index (χ2n) is 7.71. The molecule has 0 aliphatic heterocycles. The first-order valence-corrected chi connectivity index (χ1v) is 10.5. The van der Waals surface area contributed by atoms with Gasteiger partial charge in [-0.1, -0.05) is 18.1 Å². The lowest BCUT2D eigenvalue weighted by molar-refractivity contribution is -0.887. The van der Waals surface area contributed by atoms with Crippen LogP contribution < -0.4 is 4.74 Å². The van der Waals surface area contributed by atoms with E-state index in [1.165, 1.54) is 0 Å². The van der Waals surface area contributed by atoms with Crippen molar-refractivity contribution in [3.8, 4) is 23.7 Å². The molecule has 2 rings (SSSR count). The molecule has 0 amide bonds. The summed E-state index contributed by atoms with van der Waals surface area (Å²) in [5.74, 6) is -7.70. The number of carbonyl (C=O) groups excluding carboxylic acids is 1. The Hall–Kier alpha value is -3.45. The number of benzene rings is 2. The van der Waals surface area contributed by atoms with Gasteiger partial charge in [0.2, 0.25) is 17.4 Å². The summed E-state index contributed by atoms with van der Waals surface area (Å²) in [7, 11) is -0.955. The van der Waals surface area contributed by atoms with Crippen LogP contribution in [0.25, 0.3) is 0 Å². The number of quaternary nitrogens is 1. The summed E-state index contributed by atoms with van der Waals surface area (Å²) in [5.41, 5.74) is 1.10. The SMILES string of the molecule is C[N+](C)(C)C(Cc1ccc(C#CC#N)cc1)C(=O)Oc1c(F)c(F)c(S(=O)(=O)O)c(F)c1F. The standard InChI is InChI=1S/C21H16F4N2O5S/c1-27(2,3)14(11-13-8-6-12(7-9-13)5-4-10-26)21(28)32-19-15(22)17(24)20(33(29,30)31)18(25)16(19)23/h6-9,14H,11H2,1-3H3/p+1. The van der Waals surface area contributed by atoms with Crippen molar-refractivity contribution in [2.75, 3.05) is 21.1 Å². The van der Waals surface area contributed by atoms with Gasteiger partial charge in [-0.15, -0.1) is 0 Å². The third-order valence-corrected chi connectivity index (χ3v) is 5.37. The Morgan fingerprint density at radius 1 is 1.06 bits per heavy atom. The van der Waals surface area contributed by atoms with Crippen molar-refractivity contribution in [1.29, 1.82) is 5.26 Å². The smallest absolute Gasteiger partial charge is 0.370 e. The van der Waals surface area contributed by atoms with Crippen LogP contribution in [0.15, 0.2) is 29.2 Å². The normalized spacial score (nSPS) is 12.3. The minimum absolute atomic E-state index is 0.0222. The Morgan fingerprint density at radius 2 is 1.58 bits per heavy atom. The van der Waals surface area contributed by atoms with Gasteiger partial charge in [0.05, 0.1) is 21.1 Å². The molecule has 1 unspecified atom stereocenters. The van der Waals surface area contributed by atoms with Gasteiger partial charge < -0.3 is 9.22 Å². The number of halogens is 4. The molecule has 0 saturated carbocycles. The van der Waals surface area contributed by atoms with Crippen LogP contribution in [0.2, 0.25) is 0 Å². The number of hydrogen-bond donors (Lipinski definition) is 1. The first-order valence-electron chi connectivity index (χ1n) is 9.03. The van der Waals surface area contributed by atoms with Crippen LogP contribution in [0.3, 0.4) is 0 Å². The van der Waals surface area contributed by atoms with Crippen molar-refractivity contribution >= 4 is 16.1 Å². The Labute approximate surface area is 187 Å². The maximum Gasteiger partial charge on any atom is 0.370 e. The highest BCUT2D eigenvalue weighted by Crippen LogP contribution is 2.33. The van der Waals surface area contributed by atoms with E-state index in [-0.39, 0.29) is 10.9 Å². The van der Waals surface area contributed by atoms with Gasteiger partial charge >= 0.3 is 16.1 Å².